The minimum Gasteiger partial charge on any atom is -0.462 e. The number of rotatable bonds is 3. The van der Waals surface area contributed by atoms with Gasteiger partial charge in [0.25, 0.3) is 0 Å². The van der Waals surface area contributed by atoms with Crippen molar-refractivity contribution in [2.75, 3.05) is 0 Å². The number of aryl methyl sites for hydroxylation is 1. The maximum atomic E-state index is 12.9. The van der Waals surface area contributed by atoms with E-state index in [2.05, 4.69) is 17.2 Å². The van der Waals surface area contributed by atoms with Crippen molar-refractivity contribution in [1.29, 1.82) is 0 Å². The summed E-state index contributed by atoms with van der Waals surface area (Å²) in [6.07, 6.45) is 6.40. The van der Waals surface area contributed by atoms with Gasteiger partial charge >= 0.3 is 12.0 Å². The molecular weight excluding hydrogens is 316 g/mol. The van der Waals surface area contributed by atoms with E-state index in [1.807, 2.05) is 31.2 Å². The summed E-state index contributed by atoms with van der Waals surface area (Å²) < 4.78 is 5.81. The predicted molar refractivity (Wildman–Crippen MR) is 95.8 cm³/mol. The minimum absolute atomic E-state index is 0.0291. The topological polar surface area (TPSA) is 67.4 Å². The van der Waals surface area contributed by atoms with Gasteiger partial charge in [-0.2, -0.15) is 0 Å². The van der Waals surface area contributed by atoms with Gasteiger partial charge in [-0.3, -0.25) is 4.79 Å². The Balaban J connectivity index is 1.80. The first-order valence-corrected chi connectivity index (χ1v) is 9.08. The Hall–Kier alpha value is -2.30. The third kappa shape index (κ3) is 4.21. The van der Waals surface area contributed by atoms with Crippen LogP contribution in [-0.2, 0) is 9.53 Å². The van der Waals surface area contributed by atoms with E-state index in [4.69, 9.17) is 4.74 Å². The molecule has 1 saturated carbocycles. The van der Waals surface area contributed by atoms with E-state index >= 15 is 0 Å². The van der Waals surface area contributed by atoms with Crippen LogP contribution in [-0.4, -0.2) is 18.1 Å². The Morgan fingerprint density at radius 2 is 1.92 bits per heavy atom. The molecule has 3 rings (SSSR count). The second kappa shape index (κ2) is 7.72. The molecule has 1 aromatic rings. The highest BCUT2D eigenvalue weighted by Gasteiger charge is 2.39. The average Bonchev–Trinajstić information content (AvgIpc) is 2.82. The lowest BCUT2D eigenvalue weighted by Gasteiger charge is -2.34. The second-order valence-corrected chi connectivity index (χ2v) is 7.04. The molecule has 134 valence electrons. The standard InChI is InChI=1S/C20H26N2O3/c1-13-8-7-9-15(12-13)18-17(14(2)21-20(24)22-18)19(23)25-16-10-5-3-4-6-11-16/h7-9,12,16-18H,2-6,10-11H2,1H3,(H2,21,22,24). The van der Waals surface area contributed by atoms with Gasteiger partial charge in [-0.1, -0.05) is 49.2 Å². The molecule has 5 nitrogen and oxygen atoms in total. The minimum atomic E-state index is -0.622. The van der Waals surface area contributed by atoms with E-state index in [1.54, 1.807) is 0 Å². The van der Waals surface area contributed by atoms with Gasteiger partial charge < -0.3 is 15.4 Å². The molecule has 0 bridgehead atoms. The van der Waals surface area contributed by atoms with Crippen LogP contribution >= 0.6 is 0 Å². The lowest BCUT2D eigenvalue weighted by molar-refractivity contribution is -0.154. The van der Waals surface area contributed by atoms with E-state index in [-0.39, 0.29) is 18.1 Å². The number of amides is 2. The van der Waals surface area contributed by atoms with Crippen molar-refractivity contribution in [3.05, 3.63) is 47.7 Å². The summed E-state index contributed by atoms with van der Waals surface area (Å²) in [6, 6.07) is 7.02. The highest BCUT2D eigenvalue weighted by atomic mass is 16.5. The Morgan fingerprint density at radius 3 is 2.60 bits per heavy atom. The van der Waals surface area contributed by atoms with Crippen LogP contribution in [0.2, 0.25) is 0 Å². The SMILES string of the molecule is C=C1NC(=O)NC(c2cccc(C)c2)C1C(=O)OC1CCCCCC1. The number of ether oxygens (including phenoxy) is 1. The normalized spacial score (nSPS) is 24.8. The van der Waals surface area contributed by atoms with Crippen LogP contribution in [0, 0.1) is 12.8 Å². The summed E-state index contributed by atoms with van der Waals surface area (Å²) in [7, 11) is 0. The quantitative estimate of drug-likeness (QED) is 0.649. The largest absolute Gasteiger partial charge is 0.462 e. The fourth-order valence-corrected chi connectivity index (χ4v) is 3.70. The summed E-state index contributed by atoms with van der Waals surface area (Å²) in [5.74, 6) is -0.932. The molecule has 1 aliphatic carbocycles. The van der Waals surface area contributed by atoms with Crippen molar-refractivity contribution >= 4 is 12.0 Å². The molecule has 2 amide bonds. The third-order valence-corrected chi connectivity index (χ3v) is 5.01. The number of hydrogen-bond acceptors (Lipinski definition) is 3. The zero-order chi connectivity index (χ0) is 17.8. The Bertz CT molecular complexity index is 663. The van der Waals surface area contributed by atoms with Crippen molar-refractivity contribution in [1.82, 2.24) is 10.6 Å². The average molecular weight is 342 g/mol. The van der Waals surface area contributed by atoms with Crippen molar-refractivity contribution in [3.63, 3.8) is 0 Å². The number of carbonyl (C=O) groups excluding carboxylic acids is 2. The molecule has 1 aromatic carbocycles. The van der Waals surface area contributed by atoms with Crippen LogP contribution in [0.4, 0.5) is 4.79 Å². The molecule has 25 heavy (non-hydrogen) atoms. The number of urea groups is 1. The Morgan fingerprint density at radius 1 is 1.20 bits per heavy atom. The molecule has 5 heteroatoms. The fraction of sp³-hybridized carbons (Fsp3) is 0.500. The molecule has 1 aliphatic heterocycles. The molecule has 2 atom stereocenters. The van der Waals surface area contributed by atoms with Gasteiger partial charge in [0.2, 0.25) is 0 Å². The van der Waals surface area contributed by atoms with E-state index in [1.165, 1.54) is 12.8 Å². The molecule has 2 fully saturated rings. The summed E-state index contributed by atoms with van der Waals surface area (Å²) in [5, 5.41) is 5.49. The Kier molecular flexibility index (Phi) is 5.41. The molecule has 0 aromatic heterocycles. The first kappa shape index (κ1) is 17.5. The van der Waals surface area contributed by atoms with Gasteiger partial charge in [-0.15, -0.1) is 0 Å². The van der Waals surface area contributed by atoms with Crippen LogP contribution in [0.15, 0.2) is 36.5 Å². The molecule has 1 heterocycles. The van der Waals surface area contributed by atoms with Crippen LogP contribution in [0.1, 0.15) is 55.7 Å². The number of nitrogens with one attached hydrogen (secondary N) is 2. The lowest BCUT2D eigenvalue weighted by Crippen LogP contribution is -2.51. The smallest absolute Gasteiger partial charge is 0.319 e. The zero-order valence-corrected chi connectivity index (χ0v) is 14.7. The molecule has 2 aliphatic rings. The van der Waals surface area contributed by atoms with E-state index in [9.17, 15) is 9.59 Å². The van der Waals surface area contributed by atoms with Crippen LogP contribution < -0.4 is 10.6 Å². The van der Waals surface area contributed by atoms with Crippen LogP contribution in [0.25, 0.3) is 0 Å². The Labute approximate surface area is 148 Å². The first-order chi connectivity index (χ1) is 12.0. The van der Waals surface area contributed by atoms with E-state index in [0.717, 1.165) is 36.8 Å². The van der Waals surface area contributed by atoms with Crippen molar-refractivity contribution in [2.45, 2.75) is 57.6 Å². The highest BCUT2D eigenvalue weighted by Crippen LogP contribution is 2.32. The maximum Gasteiger partial charge on any atom is 0.319 e. The molecule has 0 spiro atoms. The van der Waals surface area contributed by atoms with Gasteiger partial charge in [0.05, 0.1) is 6.04 Å². The van der Waals surface area contributed by atoms with Crippen molar-refractivity contribution < 1.29 is 14.3 Å². The van der Waals surface area contributed by atoms with E-state index in [0.29, 0.717) is 5.70 Å². The molecule has 1 saturated heterocycles. The van der Waals surface area contributed by atoms with Gasteiger partial charge in [0, 0.05) is 5.70 Å². The maximum absolute atomic E-state index is 12.9. The predicted octanol–water partition coefficient (Wildman–Crippen LogP) is 3.74. The van der Waals surface area contributed by atoms with E-state index < -0.39 is 12.0 Å². The fourth-order valence-electron chi connectivity index (χ4n) is 3.70. The molecular formula is C20H26N2O3. The van der Waals surface area contributed by atoms with Gasteiger partial charge in [-0.05, 0) is 38.2 Å². The highest BCUT2D eigenvalue weighted by molar-refractivity contribution is 5.85. The first-order valence-electron chi connectivity index (χ1n) is 9.08. The monoisotopic (exact) mass is 342 g/mol. The summed E-state index contributed by atoms with van der Waals surface area (Å²) in [6.45, 7) is 5.89. The van der Waals surface area contributed by atoms with Gasteiger partial charge in [-0.25, -0.2) is 4.79 Å². The van der Waals surface area contributed by atoms with Crippen LogP contribution in [0.3, 0.4) is 0 Å². The number of esters is 1. The second-order valence-electron chi connectivity index (χ2n) is 7.04. The summed E-state index contributed by atoms with van der Waals surface area (Å²) in [5.41, 5.74) is 2.36. The molecule has 2 unspecified atom stereocenters. The van der Waals surface area contributed by atoms with Crippen LogP contribution in [0.5, 0.6) is 0 Å². The summed E-state index contributed by atoms with van der Waals surface area (Å²) in [4.78, 5) is 24.8. The van der Waals surface area contributed by atoms with Crippen molar-refractivity contribution in [3.8, 4) is 0 Å². The number of benzene rings is 1. The summed E-state index contributed by atoms with van der Waals surface area (Å²) >= 11 is 0. The molecule has 2 N–H and O–H groups in total. The van der Waals surface area contributed by atoms with Gasteiger partial charge in [0.15, 0.2) is 0 Å². The lowest BCUT2D eigenvalue weighted by atomic mass is 9.88. The third-order valence-electron chi connectivity index (χ3n) is 5.01. The van der Waals surface area contributed by atoms with Gasteiger partial charge in [0.1, 0.15) is 12.0 Å². The number of hydrogen-bond donors (Lipinski definition) is 2. The molecule has 0 radical (unpaired) electrons. The number of carbonyl (C=O) groups is 2. The van der Waals surface area contributed by atoms with Crippen molar-refractivity contribution in [2.24, 2.45) is 5.92 Å². The zero-order valence-electron chi connectivity index (χ0n) is 14.7.